The number of ether oxygens (including phenoxy) is 2. The maximum Gasteiger partial charge on any atom is 0.311 e. The van der Waals surface area contributed by atoms with Crippen LogP contribution >= 0.6 is 0 Å². The van der Waals surface area contributed by atoms with Gasteiger partial charge >= 0.3 is 11.9 Å². The lowest BCUT2D eigenvalue weighted by Crippen LogP contribution is -2.48. The molecule has 0 aromatic heterocycles. The molecule has 0 aromatic carbocycles. The standard InChI is InChI=1S/C27H50N2O5/c1-10-19(34-23(31)21-18-25(4,5)29(32)27(21,8)9)15-13-11-12-14-16-33-22(30)20-17-24(2,3)28-26(20,6)7/h19-21,28,32H,10-18H2,1-9H3. The fraction of sp³-hybridized carbons (Fsp3) is 0.926. The Balaban J connectivity index is 1.66. The maximum atomic E-state index is 12.9. The van der Waals surface area contributed by atoms with Crippen LogP contribution in [0.3, 0.4) is 0 Å². The summed E-state index contributed by atoms with van der Waals surface area (Å²) in [6.07, 6.45) is 6.71. The third-order valence-corrected chi connectivity index (χ3v) is 7.89. The molecule has 2 fully saturated rings. The Kier molecular flexibility index (Phi) is 9.26. The van der Waals surface area contributed by atoms with Crippen LogP contribution in [0.15, 0.2) is 0 Å². The molecule has 3 atom stereocenters. The van der Waals surface area contributed by atoms with Crippen molar-refractivity contribution in [3.05, 3.63) is 0 Å². The van der Waals surface area contributed by atoms with Gasteiger partial charge in [0.15, 0.2) is 0 Å². The van der Waals surface area contributed by atoms with Gasteiger partial charge in [-0.05, 0) is 93.9 Å². The van der Waals surface area contributed by atoms with Crippen LogP contribution in [0.5, 0.6) is 0 Å². The minimum absolute atomic E-state index is 0.0480. The van der Waals surface area contributed by atoms with Crippen LogP contribution in [0.2, 0.25) is 0 Å². The molecule has 2 heterocycles. The molecular formula is C27H50N2O5. The zero-order valence-electron chi connectivity index (χ0n) is 23.1. The number of hydroxylamine groups is 2. The van der Waals surface area contributed by atoms with Crippen LogP contribution in [0.1, 0.15) is 114 Å². The van der Waals surface area contributed by atoms with E-state index in [1.165, 1.54) is 5.06 Å². The smallest absolute Gasteiger partial charge is 0.311 e. The van der Waals surface area contributed by atoms with Crippen molar-refractivity contribution in [3.63, 3.8) is 0 Å². The van der Waals surface area contributed by atoms with E-state index < -0.39 is 11.1 Å². The number of nitrogens with one attached hydrogen (secondary N) is 1. The Labute approximate surface area is 207 Å². The molecule has 2 aliphatic heterocycles. The number of unbranched alkanes of at least 4 members (excludes halogenated alkanes) is 3. The van der Waals surface area contributed by atoms with Gasteiger partial charge in [-0.1, -0.05) is 19.8 Å². The summed E-state index contributed by atoms with van der Waals surface area (Å²) in [7, 11) is 0. The van der Waals surface area contributed by atoms with Crippen LogP contribution in [-0.4, -0.2) is 57.1 Å². The van der Waals surface area contributed by atoms with Crippen molar-refractivity contribution in [3.8, 4) is 0 Å². The van der Waals surface area contributed by atoms with Crippen LogP contribution in [0.4, 0.5) is 0 Å². The Hall–Kier alpha value is -1.18. The lowest BCUT2D eigenvalue weighted by Gasteiger charge is -2.35. The van der Waals surface area contributed by atoms with Crippen LogP contribution in [-0.2, 0) is 19.1 Å². The SMILES string of the molecule is CCC(CCCCCCOC(=O)C1CC(C)(C)NC1(C)C)OC(=O)C1CC(C)(C)N(O)C1(C)C. The van der Waals surface area contributed by atoms with Gasteiger partial charge in [0.2, 0.25) is 0 Å². The lowest BCUT2D eigenvalue weighted by atomic mass is 9.87. The fourth-order valence-electron chi connectivity index (χ4n) is 5.98. The number of carbonyl (C=O) groups is 2. The zero-order chi connectivity index (χ0) is 25.9. The van der Waals surface area contributed by atoms with E-state index in [-0.39, 0.29) is 41.0 Å². The maximum absolute atomic E-state index is 12.9. The van der Waals surface area contributed by atoms with E-state index in [2.05, 4.69) is 33.0 Å². The molecule has 2 N–H and O–H groups in total. The van der Waals surface area contributed by atoms with E-state index >= 15 is 0 Å². The summed E-state index contributed by atoms with van der Waals surface area (Å²) >= 11 is 0. The van der Waals surface area contributed by atoms with Gasteiger partial charge < -0.3 is 20.0 Å². The molecule has 0 amide bonds. The molecule has 0 radical (unpaired) electrons. The molecule has 2 saturated heterocycles. The Morgan fingerprint density at radius 3 is 2.06 bits per heavy atom. The quantitative estimate of drug-likeness (QED) is 0.308. The average molecular weight is 483 g/mol. The normalized spacial score (nSPS) is 27.9. The summed E-state index contributed by atoms with van der Waals surface area (Å²) in [5.41, 5.74) is -1.38. The summed E-state index contributed by atoms with van der Waals surface area (Å²) in [5, 5.41) is 15.3. The van der Waals surface area contributed by atoms with E-state index in [9.17, 15) is 14.8 Å². The summed E-state index contributed by atoms with van der Waals surface area (Å²) in [6, 6.07) is 0. The number of nitrogens with zero attached hydrogens (tertiary/aromatic N) is 1. The minimum atomic E-state index is -0.643. The van der Waals surface area contributed by atoms with E-state index in [4.69, 9.17) is 9.47 Å². The van der Waals surface area contributed by atoms with Gasteiger partial charge in [-0.3, -0.25) is 9.59 Å². The van der Waals surface area contributed by atoms with Crippen molar-refractivity contribution in [1.29, 1.82) is 0 Å². The highest BCUT2D eigenvalue weighted by Gasteiger charge is 2.55. The molecule has 2 aliphatic rings. The highest BCUT2D eigenvalue weighted by molar-refractivity contribution is 5.75. The van der Waals surface area contributed by atoms with Gasteiger partial charge in [-0.2, -0.15) is 5.06 Å². The summed E-state index contributed by atoms with van der Waals surface area (Å²) in [5.74, 6) is -0.765. The molecule has 0 aromatic rings. The first-order chi connectivity index (χ1) is 15.5. The molecule has 34 heavy (non-hydrogen) atoms. The first kappa shape index (κ1) is 29.1. The van der Waals surface area contributed by atoms with Crippen LogP contribution in [0, 0.1) is 11.8 Å². The lowest BCUT2D eigenvalue weighted by molar-refractivity contribution is -0.201. The van der Waals surface area contributed by atoms with E-state index in [0.717, 1.165) is 44.9 Å². The molecule has 2 rings (SSSR count). The number of hydrogen-bond acceptors (Lipinski definition) is 7. The second-order valence-electron chi connectivity index (χ2n) is 12.9. The molecule has 0 aliphatic carbocycles. The summed E-state index contributed by atoms with van der Waals surface area (Å²) in [6.45, 7) is 18.6. The first-order valence-electron chi connectivity index (χ1n) is 13.2. The third kappa shape index (κ3) is 6.94. The largest absolute Gasteiger partial charge is 0.465 e. The van der Waals surface area contributed by atoms with Crippen molar-refractivity contribution in [2.75, 3.05) is 6.61 Å². The monoisotopic (exact) mass is 482 g/mol. The number of carbonyl (C=O) groups excluding carboxylic acids is 2. The van der Waals surface area contributed by atoms with Crippen LogP contribution < -0.4 is 5.32 Å². The van der Waals surface area contributed by atoms with Crippen molar-refractivity contribution in [2.24, 2.45) is 11.8 Å². The zero-order valence-corrected chi connectivity index (χ0v) is 23.1. The fourth-order valence-corrected chi connectivity index (χ4v) is 5.98. The van der Waals surface area contributed by atoms with Crippen molar-refractivity contribution in [1.82, 2.24) is 10.4 Å². The Bertz CT molecular complexity index is 716. The van der Waals surface area contributed by atoms with Gasteiger partial charge in [-0.15, -0.1) is 0 Å². The van der Waals surface area contributed by atoms with Gasteiger partial charge in [0.1, 0.15) is 6.10 Å². The number of hydrogen-bond donors (Lipinski definition) is 2. The molecule has 0 saturated carbocycles. The molecule has 3 unspecified atom stereocenters. The first-order valence-corrected chi connectivity index (χ1v) is 13.2. The third-order valence-electron chi connectivity index (χ3n) is 7.89. The molecule has 0 spiro atoms. The predicted octanol–water partition coefficient (Wildman–Crippen LogP) is 5.24. The van der Waals surface area contributed by atoms with Crippen LogP contribution in [0.25, 0.3) is 0 Å². The van der Waals surface area contributed by atoms with Gasteiger partial charge in [0, 0.05) is 16.6 Å². The second kappa shape index (κ2) is 10.8. The van der Waals surface area contributed by atoms with Gasteiger partial charge in [-0.25, -0.2) is 0 Å². The Morgan fingerprint density at radius 1 is 0.941 bits per heavy atom. The number of rotatable bonds is 11. The molecule has 0 bridgehead atoms. The molecule has 198 valence electrons. The molecular weight excluding hydrogens is 432 g/mol. The number of esters is 2. The van der Waals surface area contributed by atoms with Crippen molar-refractivity contribution in [2.45, 2.75) is 142 Å². The van der Waals surface area contributed by atoms with Gasteiger partial charge in [0.25, 0.3) is 0 Å². The molecule has 7 heteroatoms. The molecule has 7 nitrogen and oxygen atoms in total. The van der Waals surface area contributed by atoms with Gasteiger partial charge in [0.05, 0.1) is 24.0 Å². The highest BCUT2D eigenvalue weighted by Crippen LogP contribution is 2.44. The predicted molar refractivity (Wildman–Crippen MR) is 134 cm³/mol. The van der Waals surface area contributed by atoms with Crippen molar-refractivity contribution < 1.29 is 24.3 Å². The average Bonchev–Trinajstić information content (AvgIpc) is 3.04. The van der Waals surface area contributed by atoms with Crippen molar-refractivity contribution >= 4 is 11.9 Å². The van der Waals surface area contributed by atoms with E-state index in [1.54, 1.807) is 0 Å². The van der Waals surface area contributed by atoms with E-state index in [0.29, 0.717) is 13.0 Å². The topological polar surface area (TPSA) is 88.1 Å². The second-order valence-corrected chi connectivity index (χ2v) is 12.9. The van der Waals surface area contributed by atoms with E-state index in [1.807, 2.05) is 34.6 Å². The minimum Gasteiger partial charge on any atom is -0.465 e. The highest BCUT2D eigenvalue weighted by atomic mass is 16.5. The summed E-state index contributed by atoms with van der Waals surface area (Å²) < 4.78 is 11.4. The summed E-state index contributed by atoms with van der Waals surface area (Å²) in [4.78, 5) is 25.4. The Morgan fingerprint density at radius 2 is 1.56 bits per heavy atom.